The number of hydrogen-bond acceptors (Lipinski definition) is 5. The Kier molecular flexibility index (Phi) is 5.38. The maximum Gasteiger partial charge on any atom is 0.275 e. The average molecular weight is 446 g/mol. The van der Waals surface area contributed by atoms with Gasteiger partial charge in [-0.05, 0) is 42.6 Å². The van der Waals surface area contributed by atoms with Gasteiger partial charge < -0.3 is 15.5 Å². The van der Waals surface area contributed by atoms with Crippen molar-refractivity contribution >= 4 is 33.6 Å². The summed E-state index contributed by atoms with van der Waals surface area (Å²) >= 11 is 3.29. The summed E-state index contributed by atoms with van der Waals surface area (Å²) in [5.41, 5.74) is -0.862. The van der Waals surface area contributed by atoms with Crippen LogP contribution >= 0.6 is 15.9 Å². The monoisotopic (exact) mass is 445 g/mol. The van der Waals surface area contributed by atoms with Crippen LogP contribution in [-0.2, 0) is 4.79 Å². The number of aromatic nitrogens is 2. The first-order valence-electron chi connectivity index (χ1n) is 8.87. The summed E-state index contributed by atoms with van der Waals surface area (Å²) in [6.07, 6.45) is 1.73. The van der Waals surface area contributed by atoms with Crippen LogP contribution in [0.2, 0.25) is 0 Å². The SMILES string of the molecule is CC1(C)C(=O)NCCN1C(=O)c1cnc(NC2CCC(F)(F)CC2)c(Br)n1. The van der Waals surface area contributed by atoms with Crippen LogP contribution < -0.4 is 10.6 Å². The molecule has 0 radical (unpaired) electrons. The molecule has 2 heterocycles. The topological polar surface area (TPSA) is 87.2 Å². The zero-order valence-electron chi connectivity index (χ0n) is 15.2. The molecule has 2 fully saturated rings. The number of carbonyl (C=O) groups excluding carboxylic acids is 2. The highest BCUT2D eigenvalue weighted by atomic mass is 79.9. The number of hydrogen-bond donors (Lipinski definition) is 2. The molecule has 1 saturated carbocycles. The van der Waals surface area contributed by atoms with Gasteiger partial charge in [-0.1, -0.05) is 0 Å². The molecule has 1 aromatic heterocycles. The zero-order valence-corrected chi connectivity index (χ0v) is 16.8. The molecular weight excluding hydrogens is 424 g/mol. The molecule has 0 unspecified atom stereocenters. The van der Waals surface area contributed by atoms with E-state index in [4.69, 9.17) is 0 Å². The highest BCUT2D eigenvalue weighted by molar-refractivity contribution is 9.10. The third-order valence-electron chi connectivity index (χ3n) is 5.10. The van der Waals surface area contributed by atoms with E-state index in [1.807, 2.05) is 0 Å². The maximum atomic E-state index is 13.3. The summed E-state index contributed by atoms with van der Waals surface area (Å²) in [4.78, 5) is 34.8. The largest absolute Gasteiger partial charge is 0.365 e. The lowest BCUT2D eigenvalue weighted by Crippen LogP contribution is -2.63. The van der Waals surface area contributed by atoms with Gasteiger partial charge in [0.2, 0.25) is 11.8 Å². The first-order valence-corrected chi connectivity index (χ1v) is 9.67. The summed E-state index contributed by atoms with van der Waals surface area (Å²) < 4.78 is 26.9. The van der Waals surface area contributed by atoms with Gasteiger partial charge in [0.25, 0.3) is 5.91 Å². The lowest BCUT2D eigenvalue weighted by Gasteiger charge is -2.40. The van der Waals surface area contributed by atoms with Crippen molar-refractivity contribution in [2.45, 2.75) is 57.0 Å². The Morgan fingerprint density at radius 1 is 1.37 bits per heavy atom. The highest BCUT2D eigenvalue weighted by Gasteiger charge is 2.41. The molecule has 3 rings (SSSR count). The van der Waals surface area contributed by atoms with Crippen molar-refractivity contribution < 1.29 is 18.4 Å². The van der Waals surface area contributed by atoms with Crippen LogP contribution in [0.4, 0.5) is 14.6 Å². The first-order chi connectivity index (χ1) is 12.6. The van der Waals surface area contributed by atoms with E-state index >= 15 is 0 Å². The summed E-state index contributed by atoms with van der Waals surface area (Å²) in [5.74, 6) is -2.78. The van der Waals surface area contributed by atoms with E-state index in [1.165, 1.54) is 11.1 Å². The minimum atomic E-state index is -2.59. The van der Waals surface area contributed by atoms with Gasteiger partial charge in [-0.3, -0.25) is 9.59 Å². The van der Waals surface area contributed by atoms with Crippen molar-refractivity contribution in [1.82, 2.24) is 20.2 Å². The van der Waals surface area contributed by atoms with Gasteiger partial charge in [-0.15, -0.1) is 0 Å². The predicted molar refractivity (Wildman–Crippen MR) is 98.7 cm³/mol. The number of amides is 2. The summed E-state index contributed by atoms with van der Waals surface area (Å²) in [6.45, 7) is 4.12. The van der Waals surface area contributed by atoms with Gasteiger partial charge in [-0.25, -0.2) is 18.7 Å². The molecule has 27 heavy (non-hydrogen) atoms. The Hall–Kier alpha value is -1.84. The second-order valence-corrected chi connectivity index (χ2v) is 8.19. The molecule has 1 aliphatic carbocycles. The van der Waals surface area contributed by atoms with E-state index in [9.17, 15) is 18.4 Å². The molecule has 0 aromatic carbocycles. The van der Waals surface area contributed by atoms with Crippen LogP contribution in [0.1, 0.15) is 50.0 Å². The number of anilines is 1. The Bertz CT molecular complexity index is 749. The zero-order chi connectivity index (χ0) is 19.8. The Balaban J connectivity index is 1.71. The minimum Gasteiger partial charge on any atom is -0.365 e. The molecule has 1 saturated heterocycles. The summed E-state index contributed by atoms with van der Waals surface area (Å²) in [5, 5.41) is 5.85. The van der Waals surface area contributed by atoms with Gasteiger partial charge >= 0.3 is 0 Å². The van der Waals surface area contributed by atoms with Crippen LogP contribution in [0, 0.1) is 0 Å². The molecule has 0 atom stereocenters. The third-order valence-corrected chi connectivity index (χ3v) is 5.66. The standard InChI is InChI=1S/C17H22BrF2N5O2/c1-16(2)15(27)21-7-8-25(16)14(26)11-9-22-13(12(18)24-11)23-10-3-5-17(19,20)6-4-10/h9-10H,3-8H2,1-2H3,(H,21,27)(H,22,23). The van der Waals surface area contributed by atoms with Crippen LogP contribution in [0.25, 0.3) is 0 Å². The Morgan fingerprint density at radius 2 is 2.04 bits per heavy atom. The predicted octanol–water partition coefficient (Wildman–Crippen LogP) is 2.58. The first kappa shape index (κ1) is 19.9. The number of halogens is 3. The average Bonchev–Trinajstić information content (AvgIpc) is 2.60. The smallest absolute Gasteiger partial charge is 0.275 e. The van der Waals surface area contributed by atoms with E-state index in [2.05, 4.69) is 36.5 Å². The Morgan fingerprint density at radius 3 is 2.67 bits per heavy atom. The lowest BCUT2D eigenvalue weighted by atomic mass is 9.92. The summed E-state index contributed by atoms with van der Waals surface area (Å²) in [7, 11) is 0. The van der Waals surface area contributed by atoms with Gasteiger partial charge in [0, 0.05) is 32.0 Å². The van der Waals surface area contributed by atoms with E-state index in [-0.39, 0.29) is 36.4 Å². The fourth-order valence-electron chi connectivity index (χ4n) is 3.34. The quantitative estimate of drug-likeness (QED) is 0.746. The van der Waals surface area contributed by atoms with E-state index < -0.39 is 11.5 Å². The van der Waals surface area contributed by atoms with Crippen LogP contribution in [0.5, 0.6) is 0 Å². The normalized spacial score (nSPS) is 22.3. The van der Waals surface area contributed by atoms with Crippen LogP contribution in [-0.4, -0.2) is 57.3 Å². The molecule has 148 valence electrons. The van der Waals surface area contributed by atoms with E-state index in [0.29, 0.717) is 36.4 Å². The Labute approximate surface area is 164 Å². The fraction of sp³-hybridized carbons (Fsp3) is 0.647. The molecule has 10 heteroatoms. The van der Waals surface area contributed by atoms with E-state index in [1.54, 1.807) is 13.8 Å². The van der Waals surface area contributed by atoms with Crippen molar-refractivity contribution in [3.8, 4) is 0 Å². The number of rotatable bonds is 3. The van der Waals surface area contributed by atoms with E-state index in [0.717, 1.165) is 0 Å². The van der Waals surface area contributed by atoms with Gasteiger partial charge in [0.15, 0.2) is 5.82 Å². The number of piperazine rings is 1. The molecule has 2 N–H and O–H groups in total. The van der Waals surface area contributed by atoms with Gasteiger partial charge in [0.05, 0.1) is 6.20 Å². The van der Waals surface area contributed by atoms with Crippen molar-refractivity contribution in [2.24, 2.45) is 0 Å². The molecule has 2 aliphatic rings. The molecule has 2 amide bonds. The number of nitrogens with one attached hydrogen (secondary N) is 2. The third kappa shape index (κ3) is 4.20. The fourth-order valence-corrected chi connectivity index (χ4v) is 3.75. The van der Waals surface area contributed by atoms with Crippen molar-refractivity contribution in [3.63, 3.8) is 0 Å². The van der Waals surface area contributed by atoms with Crippen molar-refractivity contribution in [3.05, 3.63) is 16.5 Å². The second kappa shape index (κ2) is 7.29. The maximum absolute atomic E-state index is 13.3. The van der Waals surface area contributed by atoms with Crippen LogP contribution in [0.15, 0.2) is 10.8 Å². The van der Waals surface area contributed by atoms with Gasteiger partial charge in [0.1, 0.15) is 15.8 Å². The number of carbonyl (C=O) groups is 2. The molecule has 1 aromatic rings. The molecule has 0 bridgehead atoms. The van der Waals surface area contributed by atoms with Crippen LogP contribution in [0.3, 0.4) is 0 Å². The van der Waals surface area contributed by atoms with Crippen molar-refractivity contribution in [2.75, 3.05) is 18.4 Å². The molecule has 7 nitrogen and oxygen atoms in total. The van der Waals surface area contributed by atoms with Gasteiger partial charge in [-0.2, -0.15) is 0 Å². The van der Waals surface area contributed by atoms with Crippen molar-refractivity contribution in [1.29, 1.82) is 0 Å². The minimum absolute atomic E-state index is 0.110. The number of alkyl halides is 2. The highest BCUT2D eigenvalue weighted by Crippen LogP contribution is 2.34. The number of nitrogens with zero attached hydrogens (tertiary/aromatic N) is 3. The molecule has 0 spiro atoms. The second-order valence-electron chi connectivity index (χ2n) is 7.44. The molecular formula is C17H22BrF2N5O2. The lowest BCUT2D eigenvalue weighted by molar-refractivity contribution is -0.133. The molecule has 1 aliphatic heterocycles. The summed E-state index contributed by atoms with van der Waals surface area (Å²) in [6, 6.07) is -0.110.